The molecule has 150 valence electrons. The number of nitrogens with one attached hydrogen (secondary N) is 1. The van der Waals surface area contributed by atoms with Gasteiger partial charge in [0.2, 0.25) is 5.91 Å². The topological polar surface area (TPSA) is 148 Å². The Morgan fingerprint density at radius 3 is 2.75 bits per heavy atom. The lowest BCUT2D eigenvalue weighted by Gasteiger charge is -2.56. The summed E-state index contributed by atoms with van der Waals surface area (Å²) in [7, 11) is 1.26. The maximum Gasteiger partial charge on any atom is 0.404 e. The number of carbonyl (C=O) groups is 4. The fourth-order valence-corrected chi connectivity index (χ4v) is 5.13. The number of hydrogen-bond donors (Lipinski definition) is 3. The van der Waals surface area contributed by atoms with Crippen molar-refractivity contribution in [2.75, 3.05) is 13.7 Å². The number of fused-ring (bicyclic) bond motifs is 1. The summed E-state index contributed by atoms with van der Waals surface area (Å²) in [4.78, 5) is 49.5. The van der Waals surface area contributed by atoms with Crippen molar-refractivity contribution < 1.29 is 33.8 Å². The van der Waals surface area contributed by atoms with E-state index in [0.29, 0.717) is 0 Å². The van der Waals surface area contributed by atoms with Crippen LogP contribution in [0.1, 0.15) is 4.88 Å². The number of amides is 3. The highest BCUT2D eigenvalue weighted by Gasteiger charge is 2.66. The van der Waals surface area contributed by atoms with Gasteiger partial charge in [0.15, 0.2) is 0 Å². The highest BCUT2D eigenvalue weighted by Crippen LogP contribution is 2.47. The number of primary amides is 1. The van der Waals surface area contributed by atoms with Gasteiger partial charge in [-0.3, -0.25) is 14.5 Å². The quantitative estimate of drug-likeness (QED) is 0.410. The van der Waals surface area contributed by atoms with E-state index in [9.17, 15) is 24.3 Å². The molecule has 28 heavy (non-hydrogen) atoms. The third kappa shape index (κ3) is 3.57. The van der Waals surface area contributed by atoms with Crippen LogP contribution >= 0.6 is 23.1 Å². The SMILES string of the molecule is CO[C@]1(NC(=O)Cc2cccs2)C(=O)N2C(C(=O)O)=CC(COC(N)=O)S[C@H]21. The number of rotatable bonds is 7. The lowest BCUT2D eigenvalue weighted by Crippen LogP contribution is -2.81. The monoisotopic (exact) mass is 427 g/mol. The second-order valence-corrected chi connectivity index (χ2v) is 8.29. The Morgan fingerprint density at radius 2 is 2.18 bits per heavy atom. The summed E-state index contributed by atoms with van der Waals surface area (Å²) in [6, 6.07) is 3.59. The Labute approximate surface area is 167 Å². The molecule has 3 heterocycles. The van der Waals surface area contributed by atoms with Gasteiger partial charge >= 0.3 is 12.1 Å². The molecule has 0 radical (unpaired) electrons. The van der Waals surface area contributed by atoms with E-state index >= 15 is 0 Å². The molecule has 1 saturated heterocycles. The molecule has 2 aliphatic rings. The Hall–Kier alpha value is -2.57. The average molecular weight is 427 g/mol. The van der Waals surface area contributed by atoms with Crippen LogP contribution in [0.25, 0.3) is 0 Å². The first-order valence-electron chi connectivity index (χ1n) is 8.03. The number of nitrogens with zero attached hydrogens (tertiary/aromatic N) is 1. The third-order valence-corrected chi connectivity index (χ3v) is 6.50. The van der Waals surface area contributed by atoms with Crippen LogP contribution in [0.4, 0.5) is 4.79 Å². The van der Waals surface area contributed by atoms with E-state index < -0.39 is 40.2 Å². The molecule has 2 aliphatic heterocycles. The number of aliphatic carboxylic acids is 1. The predicted molar refractivity (Wildman–Crippen MR) is 99.2 cm³/mol. The highest BCUT2D eigenvalue weighted by atomic mass is 32.2. The molecule has 1 unspecified atom stereocenters. The standard InChI is InChI=1S/C16H17N3O7S2/c1-25-16(18-11(20)6-8-3-2-4-27-8)13(23)19-10(12(21)22)5-9(28-14(16)19)7-26-15(17)24/h2-5,9,14H,6-7H2,1H3,(H2,17,24)(H,18,20)(H,21,22)/t9?,14-,16+/m0/s1. The van der Waals surface area contributed by atoms with Gasteiger partial charge in [-0.05, 0) is 17.5 Å². The number of β-lactam (4-membered cyclic amide) rings is 1. The molecular weight excluding hydrogens is 410 g/mol. The normalized spacial score (nSPS) is 26.0. The zero-order valence-electron chi connectivity index (χ0n) is 14.6. The van der Waals surface area contributed by atoms with Crippen LogP contribution in [-0.2, 0) is 30.3 Å². The lowest BCUT2D eigenvalue weighted by atomic mass is 9.99. The molecule has 0 spiro atoms. The Balaban J connectivity index is 1.81. The van der Waals surface area contributed by atoms with Gasteiger partial charge in [-0.1, -0.05) is 6.07 Å². The van der Waals surface area contributed by atoms with Gasteiger partial charge in [0.1, 0.15) is 17.7 Å². The molecule has 3 rings (SSSR count). The van der Waals surface area contributed by atoms with Crippen molar-refractivity contribution >= 4 is 47.0 Å². The fraction of sp³-hybridized carbons (Fsp3) is 0.375. The lowest BCUT2D eigenvalue weighted by molar-refractivity contribution is -0.192. The fourth-order valence-electron chi connectivity index (χ4n) is 2.96. The Morgan fingerprint density at radius 1 is 1.43 bits per heavy atom. The first kappa shape index (κ1) is 20.2. The smallest absolute Gasteiger partial charge is 0.404 e. The zero-order chi connectivity index (χ0) is 20.5. The zero-order valence-corrected chi connectivity index (χ0v) is 16.2. The first-order chi connectivity index (χ1) is 13.3. The number of ether oxygens (including phenoxy) is 2. The number of carboxylic acid groups (broad SMARTS) is 1. The van der Waals surface area contributed by atoms with Gasteiger partial charge in [0.25, 0.3) is 11.6 Å². The van der Waals surface area contributed by atoms with Crippen molar-refractivity contribution in [3.63, 3.8) is 0 Å². The number of hydrogen-bond acceptors (Lipinski definition) is 8. The van der Waals surface area contributed by atoms with Crippen LogP contribution in [0.15, 0.2) is 29.3 Å². The van der Waals surface area contributed by atoms with Gasteiger partial charge in [-0.2, -0.15) is 0 Å². The molecule has 3 atom stereocenters. The van der Waals surface area contributed by atoms with Crippen molar-refractivity contribution in [1.29, 1.82) is 0 Å². The van der Waals surface area contributed by atoms with E-state index in [1.807, 2.05) is 5.38 Å². The number of thiophene rings is 1. The predicted octanol–water partition coefficient (Wildman–Crippen LogP) is 0.0970. The van der Waals surface area contributed by atoms with Crippen molar-refractivity contribution in [2.24, 2.45) is 5.73 Å². The van der Waals surface area contributed by atoms with Crippen LogP contribution in [0.2, 0.25) is 0 Å². The molecule has 0 aromatic carbocycles. The van der Waals surface area contributed by atoms with E-state index in [2.05, 4.69) is 5.32 Å². The van der Waals surface area contributed by atoms with Crippen LogP contribution < -0.4 is 11.1 Å². The second kappa shape index (κ2) is 7.81. The van der Waals surface area contributed by atoms with E-state index in [-0.39, 0.29) is 18.7 Å². The summed E-state index contributed by atoms with van der Waals surface area (Å²) in [6.07, 6.45) is 0.362. The van der Waals surface area contributed by atoms with Crippen molar-refractivity contribution in [3.05, 3.63) is 34.2 Å². The van der Waals surface area contributed by atoms with E-state index in [4.69, 9.17) is 15.2 Å². The molecule has 1 fully saturated rings. The number of carboxylic acids is 1. The minimum absolute atomic E-state index is 0.0588. The van der Waals surface area contributed by atoms with E-state index in [0.717, 1.165) is 21.5 Å². The summed E-state index contributed by atoms with van der Waals surface area (Å²) >= 11 is 2.52. The third-order valence-electron chi connectivity index (χ3n) is 4.20. The van der Waals surface area contributed by atoms with Gasteiger partial charge in [0.05, 0.1) is 11.7 Å². The van der Waals surface area contributed by atoms with Crippen LogP contribution in [0.3, 0.4) is 0 Å². The summed E-state index contributed by atoms with van der Waals surface area (Å²) in [5.74, 6) is -2.44. The molecular formula is C16H17N3O7S2. The minimum atomic E-state index is -1.71. The molecule has 0 aliphatic carbocycles. The molecule has 10 nitrogen and oxygen atoms in total. The summed E-state index contributed by atoms with van der Waals surface area (Å²) in [6.45, 7) is -0.182. The van der Waals surface area contributed by atoms with E-state index in [1.54, 1.807) is 12.1 Å². The summed E-state index contributed by atoms with van der Waals surface area (Å²) in [5.41, 5.74) is 2.98. The Bertz CT molecular complexity index is 841. The molecule has 12 heteroatoms. The number of carbonyl (C=O) groups excluding carboxylic acids is 3. The highest BCUT2D eigenvalue weighted by molar-refractivity contribution is 8.00. The van der Waals surface area contributed by atoms with Gasteiger partial charge < -0.3 is 25.6 Å². The van der Waals surface area contributed by atoms with Crippen LogP contribution in [0.5, 0.6) is 0 Å². The van der Waals surface area contributed by atoms with Crippen molar-refractivity contribution in [2.45, 2.75) is 22.8 Å². The van der Waals surface area contributed by atoms with Crippen molar-refractivity contribution in [3.8, 4) is 0 Å². The maximum atomic E-state index is 12.7. The van der Waals surface area contributed by atoms with Crippen LogP contribution in [0, 0.1) is 0 Å². The summed E-state index contributed by atoms with van der Waals surface area (Å²) < 4.78 is 10.1. The molecule has 1 aromatic rings. The number of thioether (sulfide) groups is 1. The molecule has 3 amide bonds. The molecule has 0 saturated carbocycles. The Kier molecular flexibility index (Phi) is 5.63. The maximum absolute atomic E-state index is 12.7. The molecule has 1 aromatic heterocycles. The average Bonchev–Trinajstić information content (AvgIpc) is 3.15. The van der Waals surface area contributed by atoms with Gasteiger partial charge in [-0.15, -0.1) is 23.1 Å². The number of nitrogens with two attached hydrogens (primary N) is 1. The molecule has 4 N–H and O–H groups in total. The summed E-state index contributed by atoms with van der Waals surface area (Å²) in [5, 5.41) is 12.4. The molecule has 0 bridgehead atoms. The largest absolute Gasteiger partial charge is 0.477 e. The second-order valence-electron chi connectivity index (χ2n) is 5.93. The first-order valence-corrected chi connectivity index (χ1v) is 9.85. The van der Waals surface area contributed by atoms with Crippen molar-refractivity contribution in [1.82, 2.24) is 10.2 Å². The number of methoxy groups -OCH3 is 1. The minimum Gasteiger partial charge on any atom is -0.477 e. The van der Waals surface area contributed by atoms with Crippen LogP contribution in [-0.4, -0.2) is 63.9 Å². The van der Waals surface area contributed by atoms with Gasteiger partial charge in [0, 0.05) is 12.0 Å². The van der Waals surface area contributed by atoms with E-state index in [1.165, 1.54) is 24.5 Å². The van der Waals surface area contributed by atoms with Gasteiger partial charge in [-0.25, -0.2) is 9.59 Å².